The number of nitrogens with one attached hydrogen (secondary N) is 1. The van der Waals surface area contributed by atoms with Crippen LogP contribution in [0.25, 0.3) is 10.8 Å². The summed E-state index contributed by atoms with van der Waals surface area (Å²) in [6.45, 7) is 0. The summed E-state index contributed by atoms with van der Waals surface area (Å²) in [6.07, 6.45) is 0. The molecule has 0 unspecified atom stereocenters. The third kappa shape index (κ3) is 4.08. The summed E-state index contributed by atoms with van der Waals surface area (Å²) >= 11 is 0. The van der Waals surface area contributed by atoms with Gasteiger partial charge in [-0.15, -0.1) is 0 Å². The second-order valence-corrected chi connectivity index (χ2v) is 6.76. The van der Waals surface area contributed by atoms with Crippen molar-refractivity contribution in [2.45, 2.75) is 0 Å². The van der Waals surface area contributed by atoms with E-state index in [0.29, 0.717) is 22.6 Å². The molecule has 0 spiro atoms. The normalized spacial score (nSPS) is 10.2. The molecule has 0 aliphatic rings. The van der Waals surface area contributed by atoms with Crippen molar-refractivity contribution in [3.8, 4) is 23.8 Å². The number of rotatable bonds is 5. The van der Waals surface area contributed by atoms with Crippen LogP contribution in [-0.4, -0.2) is 9.91 Å². The monoisotopic (exact) mass is 422 g/mol. The Bertz CT molecular complexity index is 1440. The molecule has 0 aliphatic heterocycles. The molecular formula is C23H14N6O3. The Morgan fingerprint density at radius 1 is 0.938 bits per heavy atom. The number of nitrogen functional groups attached to an aromatic ring is 1. The van der Waals surface area contributed by atoms with Gasteiger partial charge in [0.25, 0.3) is 0 Å². The fraction of sp³-hybridized carbons (Fsp3) is 0. The van der Waals surface area contributed by atoms with Crippen molar-refractivity contribution in [2.24, 2.45) is 0 Å². The van der Waals surface area contributed by atoms with Crippen molar-refractivity contribution in [3.05, 3.63) is 88.0 Å². The topological polar surface area (TPSA) is 151 Å². The third-order valence-corrected chi connectivity index (χ3v) is 4.63. The highest BCUT2D eigenvalue weighted by atomic mass is 16.6. The molecule has 32 heavy (non-hydrogen) atoms. The van der Waals surface area contributed by atoms with E-state index in [4.69, 9.17) is 21.0 Å². The Morgan fingerprint density at radius 2 is 1.59 bits per heavy atom. The number of anilines is 3. The zero-order valence-electron chi connectivity index (χ0n) is 16.4. The standard InChI is InChI=1S/C23H14N6O3/c24-12-14-2-6-18(7-3-14)27-22-20(26)11-21(29(30)31)23(28-22)32-19-8-5-16-9-15(13-25)1-4-17(16)10-19/h1-11H,26H2,(H,27,28). The van der Waals surface area contributed by atoms with Crippen LogP contribution < -0.4 is 15.8 Å². The van der Waals surface area contributed by atoms with Gasteiger partial charge in [0.15, 0.2) is 5.82 Å². The lowest BCUT2D eigenvalue weighted by Crippen LogP contribution is -2.04. The van der Waals surface area contributed by atoms with Gasteiger partial charge in [-0.1, -0.05) is 12.1 Å². The first-order valence-electron chi connectivity index (χ1n) is 9.30. The Labute approximate surface area is 182 Å². The van der Waals surface area contributed by atoms with E-state index in [0.717, 1.165) is 10.8 Å². The van der Waals surface area contributed by atoms with E-state index in [-0.39, 0.29) is 23.1 Å². The molecule has 0 radical (unpaired) electrons. The zero-order chi connectivity index (χ0) is 22.7. The van der Waals surface area contributed by atoms with Crippen molar-refractivity contribution < 1.29 is 9.66 Å². The number of hydrogen-bond donors (Lipinski definition) is 2. The molecule has 9 heteroatoms. The molecule has 9 nitrogen and oxygen atoms in total. The van der Waals surface area contributed by atoms with E-state index in [9.17, 15) is 10.1 Å². The number of fused-ring (bicyclic) bond motifs is 1. The van der Waals surface area contributed by atoms with Gasteiger partial charge in [0.05, 0.1) is 33.9 Å². The fourth-order valence-corrected chi connectivity index (χ4v) is 3.04. The van der Waals surface area contributed by atoms with Gasteiger partial charge < -0.3 is 15.8 Å². The number of nitro groups is 1. The summed E-state index contributed by atoms with van der Waals surface area (Å²) in [5.74, 6) is 0.287. The van der Waals surface area contributed by atoms with E-state index >= 15 is 0 Å². The van der Waals surface area contributed by atoms with Gasteiger partial charge in [-0.3, -0.25) is 10.1 Å². The van der Waals surface area contributed by atoms with Crippen LogP contribution in [0.5, 0.6) is 11.6 Å². The number of nitrogens with two attached hydrogens (primary N) is 1. The molecule has 3 aromatic carbocycles. The summed E-state index contributed by atoms with van der Waals surface area (Å²) in [5.41, 5.74) is 7.26. The van der Waals surface area contributed by atoms with E-state index < -0.39 is 4.92 Å². The number of benzene rings is 3. The number of ether oxygens (including phenoxy) is 1. The molecule has 4 rings (SSSR count). The molecule has 0 atom stereocenters. The van der Waals surface area contributed by atoms with Crippen molar-refractivity contribution in [3.63, 3.8) is 0 Å². The number of aromatic nitrogens is 1. The lowest BCUT2D eigenvalue weighted by atomic mass is 10.1. The number of hydrogen-bond acceptors (Lipinski definition) is 8. The Morgan fingerprint density at radius 3 is 2.28 bits per heavy atom. The maximum Gasteiger partial charge on any atom is 0.333 e. The number of nitriles is 2. The summed E-state index contributed by atoms with van der Waals surface area (Å²) in [4.78, 5) is 15.1. The second-order valence-electron chi connectivity index (χ2n) is 6.76. The minimum atomic E-state index is -0.621. The smallest absolute Gasteiger partial charge is 0.333 e. The van der Waals surface area contributed by atoms with Crippen molar-refractivity contribution in [1.82, 2.24) is 4.98 Å². The van der Waals surface area contributed by atoms with Crippen LogP contribution >= 0.6 is 0 Å². The Hall–Kier alpha value is -5.15. The van der Waals surface area contributed by atoms with Crippen LogP contribution in [0.15, 0.2) is 66.7 Å². The van der Waals surface area contributed by atoms with Crippen LogP contribution in [0.2, 0.25) is 0 Å². The molecule has 0 fully saturated rings. The third-order valence-electron chi connectivity index (χ3n) is 4.63. The molecule has 3 N–H and O–H groups in total. The van der Waals surface area contributed by atoms with E-state index in [1.807, 2.05) is 6.07 Å². The molecule has 1 aromatic heterocycles. The Kier molecular flexibility index (Phi) is 5.22. The van der Waals surface area contributed by atoms with Gasteiger partial charge in [-0.25, -0.2) is 0 Å². The molecule has 1 heterocycles. The first-order valence-corrected chi connectivity index (χ1v) is 9.30. The van der Waals surface area contributed by atoms with E-state index in [1.54, 1.807) is 60.7 Å². The van der Waals surface area contributed by atoms with Crippen LogP contribution in [0.4, 0.5) is 22.9 Å². The molecule has 154 valence electrons. The molecule has 4 aromatic rings. The molecule has 0 saturated heterocycles. The lowest BCUT2D eigenvalue weighted by Gasteiger charge is -2.12. The van der Waals surface area contributed by atoms with Gasteiger partial charge in [0, 0.05) is 11.8 Å². The predicted octanol–water partition coefficient (Wildman–Crippen LogP) is 5.00. The van der Waals surface area contributed by atoms with Crippen LogP contribution in [-0.2, 0) is 0 Å². The van der Waals surface area contributed by atoms with Crippen LogP contribution in [0.3, 0.4) is 0 Å². The summed E-state index contributed by atoms with van der Waals surface area (Å²) in [5, 5.41) is 34.1. The minimum absolute atomic E-state index is 0.0657. The maximum atomic E-state index is 11.5. The summed E-state index contributed by atoms with van der Waals surface area (Å²) in [6, 6.07) is 22.1. The van der Waals surface area contributed by atoms with Crippen molar-refractivity contribution >= 4 is 33.7 Å². The first kappa shape index (κ1) is 20.1. The fourth-order valence-electron chi connectivity index (χ4n) is 3.04. The van der Waals surface area contributed by atoms with Crippen LogP contribution in [0.1, 0.15) is 11.1 Å². The van der Waals surface area contributed by atoms with Gasteiger partial charge >= 0.3 is 11.6 Å². The Balaban J connectivity index is 1.69. The SMILES string of the molecule is N#Cc1ccc(Nc2nc(Oc3ccc4cc(C#N)ccc4c3)c([N+](=O)[O-])cc2N)cc1. The average Bonchev–Trinajstić information content (AvgIpc) is 2.81. The number of nitrogens with zero attached hydrogens (tertiary/aromatic N) is 4. The molecule has 0 aliphatic carbocycles. The summed E-state index contributed by atoms with van der Waals surface area (Å²) < 4.78 is 5.75. The molecular weight excluding hydrogens is 408 g/mol. The minimum Gasteiger partial charge on any atom is -0.434 e. The highest BCUT2D eigenvalue weighted by Gasteiger charge is 2.22. The number of pyridine rings is 1. The highest BCUT2D eigenvalue weighted by molar-refractivity contribution is 5.85. The first-order chi connectivity index (χ1) is 15.5. The molecule has 0 bridgehead atoms. The summed E-state index contributed by atoms with van der Waals surface area (Å²) in [7, 11) is 0. The second kappa shape index (κ2) is 8.30. The van der Waals surface area contributed by atoms with E-state index in [1.165, 1.54) is 6.07 Å². The van der Waals surface area contributed by atoms with Gasteiger partial charge in [0.1, 0.15) is 5.75 Å². The molecule has 0 saturated carbocycles. The lowest BCUT2D eigenvalue weighted by molar-refractivity contribution is -0.385. The molecule has 0 amide bonds. The predicted molar refractivity (Wildman–Crippen MR) is 118 cm³/mol. The van der Waals surface area contributed by atoms with Gasteiger partial charge in [0.2, 0.25) is 0 Å². The van der Waals surface area contributed by atoms with Crippen molar-refractivity contribution in [2.75, 3.05) is 11.1 Å². The van der Waals surface area contributed by atoms with E-state index in [2.05, 4.69) is 16.4 Å². The highest BCUT2D eigenvalue weighted by Crippen LogP contribution is 2.36. The maximum absolute atomic E-state index is 11.5. The van der Waals surface area contributed by atoms with Crippen molar-refractivity contribution in [1.29, 1.82) is 10.5 Å². The zero-order valence-corrected chi connectivity index (χ0v) is 16.4. The van der Waals surface area contributed by atoms with Gasteiger partial charge in [-0.05, 0) is 59.3 Å². The quantitative estimate of drug-likeness (QED) is 0.336. The van der Waals surface area contributed by atoms with Gasteiger partial charge in [-0.2, -0.15) is 15.5 Å². The van der Waals surface area contributed by atoms with Crippen LogP contribution in [0, 0.1) is 32.8 Å². The average molecular weight is 422 g/mol. The largest absolute Gasteiger partial charge is 0.434 e.